The lowest BCUT2D eigenvalue weighted by Crippen LogP contribution is -2.51. The molecule has 168 valence electrons. The van der Waals surface area contributed by atoms with Crippen molar-refractivity contribution in [2.45, 2.75) is 44.1 Å². The van der Waals surface area contributed by atoms with Crippen LogP contribution < -0.4 is 15.5 Å². The first-order valence-corrected chi connectivity index (χ1v) is 11.3. The minimum absolute atomic E-state index is 0.0971. The van der Waals surface area contributed by atoms with Gasteiger partial charge >= 0.3 is 0 Å². The minimum atomic E-state index is -0.778. The second-order valence-corrected chi connectivity index (χ2v) is 8.93. The maximum absolute atomic E-state index is 13.3. The van der Waals surface area contributed by atoms with E-state index in [0.717, 1.165) is 23.4 Å². The predicted molar refractivity (Wildman–Crippen MR) is 125 cm³/mol. The highest BCUT2D eigenvalue weighted by Gasteiger charge is 2.45. The zero-order chi connectivity index (χ0) is 22.4. The van der Waals surface area contributed by atoms with E-state index in [1.54, 1.807) is 23.0 Å². The molecule has 10 heteroatoms. The number of anilines is 4. The minimum Gasteiger partial charge on any atom is -0.325 e. The number of nitrogens with zero attached hydrogens (tertiary/aromatic N) is 6. The largest absolute Gasteiger partial charge is 0.325 e. The van der Waals surface area contributed by atoms with Gasteiger partial charge in [-0.05, 0) is 56.9 Å². The lowest BCUT2D eigenvalue weighted by atomic mass is 9.98. The van der Waals surface area contributed by atoms with E-state index in [0.29, 0.717) is 36.3 Å². The summed E-state index contributed by atoms with van der Waals surface area (Å²) in [6, 6.07) is 9.56. The molecule has 1 aliphatic carbocycles. The number of carbonyl (C=O) groups is 1. The normalized spacial score (nSPS) is 20.3. The quantitative estimate of drug-likeness (QED) is 0.418. The number of amides is 1. The van der Waals surface area contributed by atoms with Crippen LogP contribution in [0.3, 0.4) is 0 Å². The molecular weight excluding hydrogens is 418 g/mol. The SMILES string of the molecule is C[C@@]1(C(=O)Nc2cccnc2)CCCN1c1nc(Nc2cc(C3CC3)[nH]n2)c2cccn2n1. The summed E-state index contributed by atoms with van der Waals surface area (Å²) in [5, 5.41) is 18.6. The fourth-order valence-electron chi connectivity index (χ4n) is 4.48. The number of pyridine rings is 1. The van der Waals surface area contributed by atoms with Crippen molar-refractivity contribution in [2.75, 3.05) is 22.1 Å². The molecule has 1 atom stereocenters. The van der Waals surface area contributed by atoms with Gasteiger partial charge in [-0.1, -0.05) is 0 Å². The first-order valence-electron chi connectivity index (χ1n) is 11.3. The van der Waals surface area contributed by atoms with Crippen molar-refractivity contribution < 1.29 is 4.79 Å². The van der Waals surface area contributed by atoms with Gasteiger partial charge < -0.3 is 15.5 Å². The third-order valence-electron chi connectivity index (χ3n) is 6.53. The molecule has 4 aromatic rings. The third-order valence-corrected chi connectivity index (χ3v) is 6.53. The molecule has 6 rings (SSSR count). The highest BCUT2D eigenvalue weighted by Crippen LogP contribution is 2.40. The summed E-state index contributed by atoms with van der Waals surface area (Å²) in [4.78, 5) is 24.2. The molecule has 1 amide bonds. The highest BCUT2D eigenvalue weighted by molar-refractivity contribution is 6.00. The number of rotatable bonds is 6. The van der Waals surface area contributed by atoms with Gasteiger partial charge in [0.15, 0.2) is 11.6 Å². The Morgan fingerprint density at radius 1 is 1.27 bits per heavy atom. The van der Waals surface area contributed by atoms with E-state index < -0.39 is 5.54 Å². The molecular formula is C23H25N9O. The lowest BCUT2D eigenvalue weighted by molar-refractivity contribution is -0.120. The number of aromatic nitrogens is 6. The van der Waals surface area contributed by atoms with Gasteiger partial charge in [0.05, 0.1) is 11.9 Å². The molecule has 2 fully saturated rings. The number of H-pyrrole nitrogens is 1. The van der Waals surface area contributed by atoms with E-state index >= 15 is 0 Å². The van der Waals surface area contributed by atoms with Crippen molar-refractivity contribution in [1.29, 1.82) is 0 Å². The van der Waals surface area contributed by atoms with Crippen LogP contribution in [0.25, 0.3) is 5.52 Å². The summed E-state index contributed by atoms with van der Waals surface area (Å²) < 4.78 is 1.79. The van der Waals surface area contributed by atoms with Gasteiger partial charge in [0.2, 0.25) is 11.9 Å². The van der Waals surface area contributed by atoms with Gasteiger partial charge in [-0.15, -0.1) is 5.10 Å². The summed E-state index contributed by atoms with van der Waals surface area (Å²) in [6.07, 6.45) is 9.20. The molecule has 1 aliphatic heterocycles. The van der Waals surface area contributed by atoms with Crippen LogP contribution in [0.1, 0.15) is 44.2 Å². The summed E-state index contributed by atoms with van der Waals surface area (Å²) in [5.41, 5.74) is 1.89. The molecule has 0 spiro atoms. The molecule has 10 nitrogen and oxygen atoms in total. The molecule has 0 radical (unpaired) electrons. The van der Waals surface area contributed by atoms with Crippen molar-refractivity contribution in [3.05, 3.63) is 54.6 Å². The third kappa shape index (κ3) is 3.57. The van der Waals surface area contributed by atoms with E-state index in [2.05, 4.69) is 25.8 Å². The van der Waals surface area contributed by atoms with Crippen LogP contribution in [0.2, 0.25) is 0 Å². The van der Waals surface area contributed by atoms with Gasteiger partial charge in [0, 0.05) is 36.6 Å². The smallest absolute Gasteiger partial charge is 0.250 e. The van der Waals surface area contributed by atoms with Gasteiger partial charge in [0.1, 0.15) is 11.1 Å². The topological polar surface area (TPSA) is 116 Å². The molecule has 4 aromatic heterocycles. The Kier molecular flexibility index (Phi) is 4.53. The van der Waals surface area contributed by atoms with Crippen molar-refractivity contribution in [3.8, 4) is 0 Å². The number of carbonyl (C=O) groups excluding carboxylic acids is 1. The highest BCUT2D eigenvalue weighted by atomic mass is 16.2. The summed E-state index contributed by atoms with van der Waals surface area (Å²) in [5.74, 6) is 2.37. The van der Waals surface area contributed by atoms with Gasteiger partial charge in [-0.25, -0.2) is 4.52 Å². The molecule has 2 aliphatic rings. The lowest BCUT2D eigenvalue weighted by Gasteiger charge is -2.34. The van der Waals surface area contributed by atoms with Crippen molar-refractivity contribution in [3.63, 3.8) is 0 Å². The maximum Gasteiger partial charge on any atom is 0.250 e. The van der Waals surface area contributed by atoms with Crippen molar-refractivity contribution >= 4 is 34.7 Å². The van der Waals surface area contributed by atoms with Gasteiger partial charge in [0.25, 0.3) is 0 Å². The molecule has 0 unspecified atom stereocenters. The average Bonchev–Trinajstić information content (AvgIpc) is 3.20. The van der Waals surface area contributed by atoms with E-state index in [1.807, 2.05) is 42.3 Å². The summed E-state index contributed by atoms with van der Waals surface area (Å²) >= 11 is 0. The average molecular weight is 444 g/mol. The Balaban J connectivity index is 1.32. The number of hydrogen-bond acceptors (Lipinski definition) is 7. The molecule has 3 N–H and O–H groups in total. The zero-order valence-corrected chi connectivity index (χ0v) is 18.3. The molecule has 1 saturated heterocycles. The van der Waals surface area contributed by atoms with Crippen molar-refractivity contribution in [2.24, 2.45) is 0 Å². The van der Waals surface area contributed by atoms with E-state index in [1.165, 1.54) is 12.8 Å². The van der Waals surface area contributed by atoms with Crippen LogP contribution in [0, 0.1) is 0 Å². The summed E-state index contributed by atoms with van der Waals surface area (Å²) in [7, 11) is 0. The van der Waals surface area contributed by atoms with Gasteiger partial charge in [-0.2, -0.15) is 10.1 Å². The van der Waals surface area contributed by atoms with Gasteiger partial charge in [-0.3, -0.25) is 14.9 Å². The fourth-order valence-corrected chi connectivity index (χ4v) is 4.48. The Morgan fingerprint density at radius 2 is 2.18 bits per heavy atom. The van der Waals surface area contributed by atoms with Crippen LogP contribution in [0.5, 0.6) is 0 Å². The van der Waals surface area contributed by atoms with Crippen LogP contribution in [0.15, 0.2) is 48.9 Å². The molecule has 33 heavy (non-hydrogen) atoms. The second kappa shape index (κ2) is 7.58. The number of aromatic amines is 1. The van der Waals surface area contributed by atoms with Crippen LogP contribution in [-0.2, 0) is 4.79 Å². The molecule has 0 aromatic carbocycles. The Labute approximate surface area is 190 Å². The molecule has 1 saturated carbocycles. The van der Waals surface area contributed by atoms with E-state index in [-0.39, 0.29) is 5.91 Å². The monoisotopic (exact) mass is 443 g/mol. The predicted octanol–water partition coefficient (Wildman–Crippen LogP) is 3.47. The fraction of sp³-hybridized carbons (Fsp3) is 0.348. The molecule has 0 bridgehead atoms. The number of nitrogens with one attached hydrogen (secondary N) is 3. The Hall–Kier alpha value is -3.95. The van der Waals surface area contributed by atoms with Crippen molar-refractivity contribution in [1.82, 2.24) is 29.8 Å². The standard InChI is InChI=1S/C23H25N9O/c1-23(21(33)25-16-5-2-10-24-14-16)9-4-11-31(23)22-27-20(18-6-3-12-32(18)30-22)26-19-13-17(28-29-19)15-7-8-15/h2-3,5-6,10,12-15H,4,7-9,11H2,1H3,(H,25,33)(H2,26,27,28,29,30)/t23-/m0/s1. The van der Waals surface area contributed by atoms with Crippen LogP contribution >= 0.6 is 0 Å². The first kappa shape index (κ1) is 19.7. The molecule has 5 heterocycles. The van der Waals surface area contributed by atoms with E-state index in [9.17, 15) is 4.79 Å². The Bertz CT molecular complexity index is 1310. The first-order chi connectivity index (χ1) is 16.1. The van der Waals surface area contributed by atoms with Crippen LogP contribution in [0.4, 0.5) is 23.3 Å². The number of fused-ring (bicyclic) bond motifs is 1. The summed E-state index contributed by atoms with van der Waals surface area (Å²) in [6.45, 7) is 2.63. The zero-order valence-electron chi connectivity index (χ0n) is 18.3. The maximum atomic E-state index is 13.3. The van der Waals surface area contributed by atoms with Crippen LogP contribution in [-0.4, -0.2) is 47.8 Å². The number of hydrogen-bond donors (Lipinski definition) is 3. The second-order valence-electron chi connectivity index (χ2n) is 8.93. The Morgan fingerprint density at radius 3 is 3.00 bits per heavy atom. The van der Waals surface area contributed by atoms with E-state index in [4.69, 9.17) is 10.1 Å².